The highest BCUT2D eigenvalue weighted by Crippen LogP contribution is 2.61. The van der Waals surface area contributed by atoms with Gasteiger partial charge in [0.1, 0.15) is 5.78 Å². The molecule has 1 aliphatic carbocycles. The smallest absolute Gasteiger partial charge is 0.298 e. The summed E-state index contributed by atoms with van der Waals surface area (Å²) in [4.78, 5) is 12.5. The van der Waals surface area contributed by atoms with Crippen molar-refractivity contribution in [3.8, 4) is 0 Å². The standard InChI is InChI=1S/C16H21F9O4S2/c17-13(18,15(21,22)23)14(19,20)16(24,25)31(27,28)29-30(8-4-5-9-30)10-12(26)11-6-2-1-3-7-11/h11H,1-10H2. The lowest BCUT2D eigenvalue weighted by atomic mass is 9.87. The maximum absolute atomic E-state index is 14.0. The second kappa shape index (κ2) is 8.58. The van der Waals surface area contributed by atoms with Crippen molar-refractivity contribution in [2.45, 2.75) is 68.2 Å². The van der Waals surface area contributed by atoms with Gasteiger partial charge < -0.3 is 0 Å². The number of hydrogen-bond acceptors (Lipinski definition) is 4. The van der Waals surface area contributed by atoms with Crippen LogP contribution in [-0.4, -0.2) is 54.7 Å². The third-order valence-electron chi connectivity index (χ3n) is 5.41. The van der Waals surface area contributed by atoms with Gasteiger partial charge in [0.15, 0.2) is 0 Å². The Morgan fingerprint density at radius 2 is 1.29 bits per heavy atom. The summed E-state index contributed by atoms with van der Waals surface area (Å²) in [5.41, 5.74) is 0. The molecule has 2 aliphatic rings. The number of carbonyl (C=O) groups is 1. The molecule has 1 aliphatic heterocycles. The van der Waals surface area contributed by atoms with Crippen molar-refractivity contribution in [1.29, 1.82) is 0 Å². The molecule has 0 unspecified atom stereocenters. The summed E-state index contributed by atoms with van der Waals surface area (Å²) in [6, 6.07) is 0. The Morgan fingerprint density at radius 3 is 1.74 bits per heavy atom. The molecule has 4 nitrogen and oxygen atoms in total. The maximum atomic E-state index is 14.0. The topological polar surface area (TPSA) is 60.4 Å². The quantitative estimate of drug-likeness (QED) is 0.408. The molecule has 2 rings (SSSR count). The minimum atomic E-state index is -7.35. The molecule has 184 valence electrons. The van der Waals surface area contributed by atoms with E-state index in [1.807, 2.05) is 0 Å². The van der Waals surface area contributed by atoms with Crippen LogP contribution in [-0.2, 0) is 18.5 Å². The lowest BCUT2D eigenvalue weighted by Gasteiger charge is -2.38. The molecule has 0 aromatic heterocycles. The van der Waals surface area contributed by atoms with Crippen LogP contribution in [0.5, 0.6) is 0 Å². The van der Waals surface area contributed by atoms with Crippen molar-refractivity contribution in [2.75, 3.05) is 17.3 Å². The molecule has 1 heterocycles. The summed E-state index contributed by atoms with van der Waals surface area (Å²) in [7, 11) is -10.2. The van der Waals surface area contributed by atoms with E-state index in [2.05, 4.69) is 3.63 Å². The van der Waals surface area contributed by atoms with Gasteiger partial charge in [0.05, 0.1) is 5.75 Å². The van der Waals surface area contributed by atoms with Gasteiger partial charge in [-0.05, 0) is 25.7 Å². The Hall–Kier alpha value is -0.700. The second-order valence-electron chi connectivity index (χ2n) is 7.71. The summed E-state index contributed by atoms with van der Waals surface area (Å²) < 4.78 is 146. The maximum Gasteiger partial charge on any atom is 0.460 e. The van der Waals surface area contributed by atoms with E-state index in [-0.39, 0.29) is 24.3 Å². The number of alkyl halides is 9. The number of carbonyl (C=O) groups excluding carboxylic acids is 1. The normalized spacial score (nSPS) is 23.0. The van der Waals surface area contributed by atoms with Crippen LogP contribution in [0, 0.1) is 5.92 Å². The molecule has 0 spiro atoms. The molecule has 0 bridgehead atoms. The highest BCUT2D eigenvalue weighted by Gasteiger charge is 2.86. The number of ketones is 1. The minimum Gasteiger partial charge on any atom is -0.298 e. The van der Waals surface area contributed by atoms with E-state index < -0.39 is 61.2 Å². The van der Waals surface area contributed by atoms with Gasteiger partial charge in [-0.3, -0.25) is 4.79 Å². The number of Topliss-reactive ketones (excluding diaryl/α,β-unsaturated/α-hetero) is 1. The van der Waals surface area contributed by atoms with Gasteiger partial charge in [-0.2, -0.15) is 47.9 Å². The van der Waals surface area contributed by atoms with Crippen LogP contribution < -0.4 is 0 Å². The van der Waals surface area contributed by atoms with Crippen LogP contribution in [0.4, 0.5) is 39.5 Å². The van der Waals surface area contributed by atoms with Crippen LogP contribution in [0.1, 0.15) is 44.9 Å². The fourth-order valence-corrected chi connectivity index (χ4v) is 9.37. The third kappa shape index (κ3) is 4.82. The minimum absolute atomic E-state index is 0.198. The van der Waals surface area contributed by atoms with Gasteiger partial charge in [0, 0.05) is 17.4 Å². The molecule has 0 amide bonds. The summed E-state index contributed by atoms with van der Waals surface area (Å²) in [5.74, 6) is -16.9. The molecule has 0 aromatic rings. The summed E-state index contributed by atoms with van der Waals surface area (Å²) in [6.07, 6.45) is -3.55. The van der Waals surface area contributed by atoms with Gasteiger partial charge in [0.25, 0.3) is 0 Å². The van der Waals surface area contributed by atoms with E-state index in [0.717, 1.165) is 6.42 Å². The van der Waals surface area contributed by atoms with E-state index in [1.165, 1.54) is 0 Å². The third-order valence-corrected chi connectivity index (χ3v) is 11.0. The Balaban J connectivity index is 2.32. The number of rotatable bonds is 8. The fraction of sp³-hybridized carbons (Fsp3) is 0.938. The second-order valence-corrected chi connectivity index (χ2v) is 12.7. The van der Waals surface area contributed by atoms with Crippen molar-refractivity contribution in [3.05, 3.63) is 0 Å². The Morgan fingerprint density at radius 1 is 0.806 bits per heavy atom. The zero-order chi connectivity index (χ0) is 23.9. The largest absolute Gasteiger partial charge is 0.460 e. The van der Waals surface area contributed by atoms with Gasteiger partial charge in [-0.15, -0.1) is 10.3 Å². The first-order valence-electron chi connectivity index (χ1n) is 9.35. The van der Waals surface area contributed by atoms with Crippen molar-refractivity contribution in [1.82, 2.24) is 0 Å². The highest BCUT2D eigenvalue weighted by molar-refractivity contribution is 8.33. The molecular formula is C16H21F9O4S2. The number of halogens is 9. The molecule has 0 radical (unpaired) electrons. The molecule has 2 fully saturated rings. The van der Waals surface area contributed by atoms with Crippen molar-refractivity contribution >= 4 is 26.2 Å². The van der Waals surface area contributed by atoms with Gasteiger partial charge in [-0.1, -0.05) is 19.3 Å². The van der Waals surface area contributed by atoms with Crippen LogP contribution in [0.2, 0.25) is 0 Å². The zero-order valence-electron chi connectivity index (χ0n) is 16.0. The number of hydrogen-bond donors (Lipinski definition) is 0. The first-order valence-corrected chi connectivity index (χ1v) is 12.8. The summed E-state index contributed by atoms with van der Waals surface area (Å²) in [5, 5.41) is -6.89. The SMILES string of the molecule is O=C(CS1(OS(=O)(=O)C(F)(F)C(F)(F)C(F)(F)C(F)(F)F)CCCC1)C1CCCCC1. The Bertz CT molecular complexity index is 768. The first kappa shape index (κ1) is 26.6. The predicted octanol–water partition coefficient (Wildman–Crippen LogP) is 5.42. The predicted molar refractivity (Wildman–Crippen MR) is 93.9 cm³/mol. The molecule has 31 heavy (non-hydrogen) atoms. The zero-order valence-corrected chi connectivity index (χ0v) is 17.6. The Labute approximate surface area is 174 Å². The van der Waals surface area contributed by atoms with Crippen LogP contribution >= 0.6 is 10.3 Å². The van der Waals surface area contributed by atoms with E-state index in [9.17, 15) is 52.7 Å². The lowest BCUT2D eigenvalue weighted by molar-refractivity contribution is -0.382. The molecular weight excluding hydrogens is 491 g/mol. The van der Waals surface area contributed by atoms with Gasteiger partial charge in [-0.25, -0.2) is 3.63 Å². The van der Waals surface area contributed by atoms with Crippen molar-refractivity contribution in [3.63, 3.8) is 0 Å². The molecule has 0 atom stereocenters. The van der Waals surface area contributed by atoms with E-state index in [0.29, 0.717) is 25.7 Å². The Kier molecular flexibility index (Phi) is 7.35. The van der Waals surface area contributed by atoms with Gasteiger partial charge in [0.2, 0.25) is 0 Å². The molecule has 1 saturated carbocycles. The average Bonchev–Trinajstić information content (AvgIpc) is 3.08. The monoisotopic (exact) mass is 512 g/mol. The summed E-state index contributed by atoms with van der Waals surface area (Å²) in [6.45, 7) is 0. The molecule has 0 N–H and O–H groups in total. The first-order chi connectivity index (χ1) is 13.9. The van der Waals surface area contributed by atoms with Gasteiger partial charge >= 0.3 is 33.4 Å². The van der Waals surface area contributed by atoms with Crippen LogP contribution in [0.25, 0.3) is 0 Å². The van der Waals surface area contributed by atoms with E-state index in [1.54, 1.807) is 0 Å². The molecule has 15 heteroatoms. The average molecular weight is 512 g/mol. The molecule has 1 saturated heterocycles. The lowest BCUT2D eigenvalue weighted by Crippen LogP contribution is -2.63. The molecule has 0 aromatic carbocycles. The van der Waals surface area contributed by atoms with Crippen molar-refractivity contribution < 1.29 is 56.4 Å². The summed E-state index contributed by atoms with van der Waals surface area (Å²) >= 11 is 0. The van der Waals surface area contributed by atoms with E-state index >= 15 is 0 Å². The highest BCUT2D eigenvalue weighted by atomic mass is 32.3. The van der Waals surface area contributed by atoms with E-state index in [4.69, 9.17) is 0 Å². The van der Waals surface area contributed by atoms with Crippen molar-refractivity contribution in [2.24, 2.45) is 5.92 Å². The fourth-order valence-electron chi connectivity index (χ4n) is 3.62. The van der Waals surface area contributed by atoms with Crippen LogP contribution in [0.3, 0.4) is 0 Å². The van der Waals surface area contributed by atoms with Crippen LogP contribution in [0.15, 0.2) is 0 Å².